The molecule has 0 bridgehead atoms. The Morgan fingerprint density at radius 3 is 2.64 bits per heavy atom. The van der Waals surface area contributed by atoms with E-state index in [0.717, 1.165) is 53.2 Å². The van der Waals surface area contributed by atoms with Gasteiger partial charge < -0.3 is 19.5 Å². The predicted octanol–water partition coefficient (Wildman–Crippen LogP) is 4.11. The van der Waals surface area contributed by atoms with E-state index in [0.29, 0.717) is 19.0 Å². The van der Waals surface area contributed by atoms with Gasteiger partial charge in [-0.1, -0.05) is 30.3 Å². The van der Waals surface area contributed by atoms with Crippen molar-refractivity contribution in [3.63, 3.8) is 0 Å². The highest BCUT2D eigenvalue weighted by molar-refractivity contribution is 7.17. The molecule has 28 heavy (non-hydrogen) atoms. The maximum Gasteiger partial charge on any atom is 0.158 e. The fourth-order valence-electron chi connectivity index (χ4n) is 3.58. The van der Waals surface area contributed by atoms with Gasteiger partial charge in [0, 0.05) is 57.8 Å². The van der Waals surface area contributed by atoms with Crippen LogP contribution in [0.1, 0.15) is 18.7 Å². The highest BCUT2D eigenvalue weighted by atomic mass is 32.1. The standard InChI is InChI=1S/C21H25N3O3S/c1-25-12-17-23-19(22-14-21(26-2)8-10-27-11-9-21)18-16(13-28-20(18)24-17)15-6-4-3-5-7-15/h3-7,13H,8-12,14H2,1-2H3,(H,22,23,24). The number of thiophene rings is 1. The zero-order chi connectivity index (χ0) is 19.4. The minimum absolute atomic E-state index is 0.236. The van der Waals surface area contributed by atoms with Crippen molar-refractivity contribution in [3.05, 3.63) is 41.5 Å². The van der Waals surface area contributed by atoms with E-state index in [-0.39, 0.29) is 5.60 Å². The molecule has 148 valence electrons. The lowest BCUT2D eigenvalue weighted by atomic mass is 9.94. The fraction of sp³-hybridized carbons (Fsp3) is 0.429. The average molecular weight is 400 g/mol. The van der Waals surface area contributed by atoms with Gasteiger partial charge in [0.15, 0.2) is 5.82 Å². The molecule has 6 nitrogen and oxygen atoms in total. The Labute approximate surface area is 168 Å². The van der Waals surface area contributed by atoms with Crippen molar-refractivity contribution in [2.24, 2.45) is 0 Å². The molecule has 0 atom stereocenters. The van der Waals surface area contributed by atoms with Crippen LogP contribution in [0, 0.1) is 0 Å². The van der Waals surface area contributed by atoms with Gasteiger partial charge in [-0.05, 0) is 5.56 Å². The number of methoxy groups -OCH3 is 2. The molecule has 1 aliphatic heterocycles. The minimum atomic E-state index is -0.236. The van der Waals surface area contributed by atoms with Gasteiger partial charge in [-0.2, -0.15) is 0 Å². The molecule has 0 radical (unpaired) electrons. The summed E-state index contributed by atoms with van der Waals surface area (Å²) < 4.78 is 16.7. The van der Waals surface area contributed by atoms with E-state index in [1.807, 2.05) is 18.2 Å². The summed E-state index contributed by atoms with van der Waals surface area (Å²) in [6.07, 6.45) is 1.73. The van der Waals surface area contributed by atoms with Crippen LogP contribution in [-0.2, 0) is 20.8 Å². The number of anilines is 1. The van der Waals surface area contributed by atoms with Gasteiger partial charge >= 0.3 is 0 Å². The monoisotopic (exact) mass is 399 g/mol. The number of nitrogens with one attached hydrogen (secondary N) is 1. The van der Waals surface area contributed by atoms with E-state index in [9.17, 15) is 0 Å². The van der Waals surface area contributed by atoms with Gasteiger partial charge in [-0.15, -0.1) is 11.3 Å². The van der Waals surface area contributed by atoms with Gasteiger partial charge in [0.25, 0.3) is 0 Å². The lowest BCUT2D eigenvalue weighted by Crippen LogP contribution is -2.44. The molecule has 3 aromatic rings. The Kier molecular flexibility index (Phi) is 5.87. The molecule has 0 spiro atoms. The first-order valence-electron chi connectivity index (χ1n) is 9.44. The van der Waals surface area contributed by atoms with E-state index in [1.165, 1.54) is 0 Å². The predicted molar refractivity (Wildman–Crippen MR) is 112 cm³/mol. The lowest BCUT2D eigenvalue weighted by Gasteiger charge is -2.36. The second kappa shape index (κ2) is 8.53. The summed E-state index contributed by atoms with van der Waals surface area (Å²) in [6, 6.07) is 10.4. The average Bonchev–Trinajstić information content (AvgIpc) is 3.18. The Morgan fingerprint density at radius 1 is 1.14 bits per heavy atom. The SMILES string of the molecule is COCc1nc(NCC2(OC)CCOCC2)c2c(-c3ccccc3)csc2n1. The number of ether oxygens (including phenoxy) is 3. The molecule has 1 fully saturated rings. The van der Waals surface area contributed by atoms with Crippen molar-refractivity contribution in [1.29, 1.82) is 0 Å². The number of nitrogens with zero attached hydrogens (tertiary/aromatic N) is 2. The molecule has 2 aromatic heterocycles. The van der Waals surface area contributed by atoms with E-state index in [4.69, 9.17) is 24.2 Å². The van der Waals surface area contributed by atoms with Crippen molar-refractivity contribution in [2.45, 2.75) is 25.0 Å². The molecular weight excluding hydrogens is 374 g/mol. The van der Waals surface area contributed by atoms with E-state index in [2.05, 4.69) is 22.8 Å². The van der Waals surface area contributed by atoms with Gasteiger partial charge in [0.2, 0.25) is 0 Å². The van der Waals surface area contributed by atoms with Crippen molar-refractivity contribution in [1.82, 2.24) is 9.97 Å². The molecule has 4 rings (SSSR count). The molecule has 0 unspecified atom stereocenters. The maximum absolute atomic E-state index is 5.88. The Balaban J connectivity index is 1.73. The zero-order valence-electron chi connectivity index (χ0n) is 16.2. The van der Waals surface area contributed by atoms with Crippen molar-refractivity contribution in [2.75, 3.05) is 39.3 Å². The highest BCUT2D eigenvalue weighted by Crippen LogP contribution is 2.37. The van der Waals surface area contributed by atoms with Crippen LogP contribution in [0.2, 0.25) is 0 Å². The number of aromatic nitrogens is 2. The second-order valence-corrected chi connectivity index (χ2v) is 7.83. The summed E-state index contributed by atoms with van der Waals surface area (Å²) in [4.78, 5) is 10.4. The molecule has 3 heterocycles. The first-order valence-corrected chi connectivity index (χ1v) is 10.3. The molecule has 0 amide bonds. The van der Waals surface area contributed by atoms with Crippen LogP contribution >= 0.6 is 11.3 Å². The first kappa shape index (κ1) is 19.3. The summed E-state index contributed by atoms with van der Waals surface area (Å²) in [5, 5.41) is 6.76. The van der Waals surface area contributed by atoms with E-state index < -0.39 is 0 Å². The molecule has 1 N–H and O–H groups in total. The summed E-state index contributed by atoms with van der Waals surface area (Å²) >= 11 is 1.63. The maximum atomic E-state index is 5.88. The number of rotatable bonds is 7. The highest BCUT2D eigenvalue weighted by Gasteiger charge is 2.32. The van der Waals surface area contributed by atoms with Gasteiger partial charge in [-0.3, -0.25) is 0 Å². The van der Waals surface area contributed by atoms with Gasteiger partial charge in [0.1, 0.15) is 17.3 Å². The largest absolute Gasteiger partial charge is 0.381 e. The number of hydrogen-bond donors (Lipinski definition) is 1. The number of benzene rings is 1. The molecule has 1 saturated heterocycles. The lowest BCUT2D eigenvalue weighted by molar-refractivity contribution is -0.0807. The van der Waals surface area contributed by atoms with Crippen LogP contribution < -0.4 is 5.32 Å². The third-order valence-electron chi connectivity index (χ3n) is 5.25. The second-order valence-electron chi connectivity index (χ2n) is 6.97. The normalized spacial score (nSPS) is 16.4. The van der Waals surface area contributed by atoms with Crippen molar-refractivity contribution >= 4 is 27.4 Å². The minimum Gasteiger partial charge on any atom is -0.381 e. The first-order chi connectivity index (χ1) is 13.7. The zero-order valence-corrected chi connectivity index (χ0v) is 17.1. The Morgan fingerprint density at radius 2 is 1.93 bits per heavy atom. The number of hydrogen-bond acceptors (Lipinski definition) is 7. The summed E-state index contributed by atoms with van der Waals surface area (Å²) in [7, 11) is 3.44. The Hall–Kier alpha value is -2.06. The molecule has 0 aliphatic carbocycles. The molecule has 7 heteroatoms. The van der Waals surface area contributed by atoms with Gasteiger partial charge in [0.05, 0.1) is 11.0 Å². The summed E-state index contributed by atoms with van der Waals surface area (Å²) in [5.74, 6) is 1.51. The summed E-state index contributed by atoms with van der Waals surface area (Å²) in [6.45, 7) is 2.50. The molecule has 1 aliphatic rings. The van der Waals surface area contributed by atoms with Crippen molar-refractivity contribution < 1.29 is 14.2 Å². The van der Waals surface area contributed by atoms with E-state index in [1.54, 1.807) is 25.6 Å². The topological polar surface area (TPSA) is 65.5 Å². The van der Waals surface area contributed by atoms with Crippen LogP contribution in [0.5, 0.6) is 0 Å². The number of fused-ring (bicyclic) bond motifs is 1. The molecule has 1 aromatic carbocycles. The van der Waals surface area contributed by atoms with E-state index >= 15 is 0 Å². The third-order valence-corrected chi connectivity index (χ3v) is 6.13. The van der Waals surface area contributed by atoms with Crippen LogP contribution in [0.25, 0.3) is 21.3 Å². The van der Waals surface area contributed by atoms with Crippen molar-refractivity contribution in [3.8, 4) is 11.1 Å². The quantitative estimate of drug-likeness (QED) is 0.645. The van der Waals surface area contributed by atoms with Crippen LogP contribution in [0.4, 0.5) is 5.82 Å². The van der Waals surface area contributed by atoms with Crippen LogP contribution in [-0.4, -0.2) is 49.5 Å². The fourth-order valence-corrected chi connectivity index (χ4v) is 4.54. The third kappa shape index (κ3) is 3.89. The summed E-state index contributed by atoms with van der Waals surface area (Å²) in [5.41, 5.74) is 2.07. The van der Waals surface area contributed by atoms with Gasteiger partial charge in [-0.25, -0.2) is 9.97 Å². The smallest absolute Gasteiger partial charge is 0.158 e. The molecule has 0 saturated carbocycles. The molecular formula is C21H25N3O3S. The van der Waals surface area contributed by atoms with Crippen LogP contribution in [0.3, 0.4) is 0 Å². The van der Waals surface area contributed by atoms with Crippen LogP contribution in [0.15, 0.2) is 35.7 Å². The Bertz CT molecular complexity index is 923.